The molecule has 0 bridgehead atoms. The van der Waals surface area contributed by atoms with E-state index in [-0.39, 0.29) is 5.91 Å². The van der Waals surface area contributed by atoms with Crippen molar-refractivity contribution in [2.45, 2.75) is 38.1 Å². The Balaban J connectivity index is 2.49. The molecule has 1 fully saturated rings. The van der Waals surface area contributed by atoms with Gasteiger partial charge in [0.2, 0.25) is 11.8 Å². The Kier molecular flexibility index (Phi) is 4.55. The molecule has 86 valence electrons. The van der Waals surface area contributed by atoms with Crippen LogP contribution in [0.4, 0.5) is 0 Å². The molecule has 1 aliphatic rings. The van der Waals surface area contributed by atoms with E-state index in [2.05, 4.69) is 0 Å². The molecule has 1 rings (SSSR count). The molecule has 0 unspecified atom stereocenters. The molecule has 0 spiro atoms. The fraction of sp³-hybridized carbons (Fsp3) is 0.800. The summed E-state index contributed by atoms with van der Waals surface area (Å²) in [5.41, 5.74) is 10.7. The minimum atomic E-state index is -0.424. The summed E-state index contributed by atoms with van der Waals surface area (Å²) in [7, 11) is 0. The summed E-state index contributed by atoms with van der Waals surface area (Å²) >= 11 is 0. The quantitative estimate of drug-likeness (QED) is 0.588. The summed E-state index contributed by atoms with van der Waals surface area (Å²) < 4.78 is 0. The predicted octanol–water partition coefficient (Wildman–Crippen LogP) is -0.408. The van der Waals surface area contributed by atoms with E-state index in [1.807, 2.05) is 0 Å². The zero-order chi connectivity index (χ0) is 11.3. The van der Waals surface area contributed by atoms with E-state index in [4.69, 9.17) is 11.5 Å². The van der Waals surface area contributed by atoms with Crippen LogP contribution >= 0.6 is 0 Å². The molecule has 1 atom stereocenters. The topological polar surface area (TPSA) is 89.4 Å². The molecule has 5 nitrogen and oxygen atoms in total. The summed E-state index contributed by atoms with van der Waals surface area (Å²) in [5, 5.41) is 0. The van der Waals surface area contributed by atoms with Gasteiger partial charge in [-0.25, -0.2) is 0 Å². The Morgan fingerprint density at radius 1 is 1.47 bits per heavy atom. The van der Waals surface area contributed by atoms with Crippen LogP contribution < -0.4 is 11.5 Å². The second-order valence-corrected chi connectivity index (χ2v) is 3.89. The van der Waals surface area contributed by atoms with Crippen LogP contribution in [0, 0.1) is 0 Å². The van der Waals surface area contributed by atoms with Gasteiger partial charge in [-0.2, -0.15) is 0 Å². The largest absolute Gasteiger partial charge is 0.368 e. The normalized spacial score (nSPS) is 18.2. The first kappa shape index (κ1) is 12.0. The van der Waals surface area contributed by atoms with Gasteiger partial charge < -0.3 is 16.4 Å². The third kappa shape index (κ3) is 3.20. The second-order valence-electron chi connectivity index (χ2n) is 3.89. The first-order chi connectivity index (χ1) is 7.16. The molecule has 5 heteroatoms. The monoisotopic (exact) mass is 213 g/mol. The van der Waals surface area contributed by atoms with E-state index in [1.54, 1.807) is 4.90 Å². The number of carbonyl (C=O) groups is 2. The van der Waals surface area contributed by atoms with E-state index in [9.17, 15) is 9.59 Å². The molecule has 1 saturated heterocycles. The molecule has 0 aromatic rings. The van der Waals surface area contributed by atoms with Crippen LogP contribution in [0.5, 0.6) is 0 Å². The number of nitrogens with zero attached hydrogens (tertiary/aromatic N) is 1. The maximum absolute atomic E-state index is 11.4. The van der Waals surface area contributed by atoms with Gasteiger partial charge in [-0.3, -0.25) is 9.59 Å². The van der Waals surface area contributed by atoms with Crippen LogP contribution in [-0.2, 0) is 9.59 Å². The van der Waals surface area contributed by atoms with Crippen LogP contribution in [0.3, 0.4) is 0 Å². The van der Waals surface area contributed by atoms with Gasteiger partial charge in [-0.15, -0.1) is 0 Å². The highest BCUT2D eigenvalue weighted by Crippen LogP contribution is 2.17. The van der Waals surface area contributed by atoms with Crippen molar-refractivity contribution in [1.82, 2.24) is 4.90 Å². The van der Waals surface area contributed by atoms with Gasteiger partial charge in [0.25, 0.3) is 0 Å². The molecule has 2 amide bonds. The molecule has 15 heavy (non-hydrogen) atoms. The van der Waals surface area contributed by atoms with Gasteiger partial charge in [0.05, 0.1) is 0 Å². The van der Waals surface area contributed by atoms with E-state index in [1.165, 1.54) is 0 Å². The van der Waals surface area contributed by atoms with Crippen molar-refractivity contribution in [3.63, 3.8) is 0 Å². The zero-order valence-corrected chi connectivity index (χ0v) is 8.95. The fourth-order valence-electron chi connectivity index (χ4n) is 1.93. The average molecular weight is 213 g/mol. The number of likely N-dealkylation sites (tertiary alicyclic amines) is 1. The third-order valence-electron chi connectivity index (χ3n) is 2.75. The van der Waals surface area contributed by atoms with Crippen molar-refractivity contribution in [3.8, 4) is 0 Å². The maximum Gasteiger partial charge on any atom is 0.240 e. The SMILES string of the molecule is NCCCC[C@@H](C(N)=O)N1CCCC1=O. The smallest absolute Gasteiger partial charge is 0.240 e. The van der Waals surface area contributed by atoms with Gasteiger partial charge in [-0.1, -0.05) is 0 Å². The molecule has 0 radical (unpaired) electrons. The second kappa shape index (κ2) is 5.70. The van der Waals surface area contributed by atoms with E-state index >= 15 is 0 Å². The van der Waals surface area contributed by atoms with Crippen molar-refractivity contribution < 1.29 is 9.59 Å². The highest BCUT2D eigenvalue weighted by atomic mass is 16.2. The Morgan fingerprint density at radius 2 is 2.20 bits per heavy atom. The Labute approximate surface area is 89.8 Å². The molecular formula is C10H19N3O2. The van der Waals surface area contributed by atoms with E-state index < -0.39 is 11.9 Å². The van der Waals surface area contributed by atoms with Gasteiger partial charge in [-0.05, 0) is 32.2 Å². The molecule has 4 N–H and O–H groups in total. The van der Waals surface area contributed by atoms with Crippen molar-refractivity contribution in [1.29, 1.82) is 0 Å². The number of unbranched alkanes of at least 4 members (excludes halogenated alkanes) is 1. The first-order valence-corrected chi connectivity index (χ1v) is 5.45. The highest BCUT2D eigenvalue weighted by molar-refractivity contribution is 5.87. The lowest BCUT2D eigenvalue weighted by molar-refractivity contribution is -0.136. The van der Waals surface area contributed by atoms with Crippen molar-refractivity contribution >= 4 is 11.8 Å². The number of primary amides is 1. The summed E-state index contributed by atoms with van der Waals surface area (Å²) in [6.45, 7) is 1.27. The summed E-state index contributed by atoms with van der Waals surface area (Å²) in [6.07, 6.45) is 3.72. The van der Waals surface area contributed by atoms with Crippen molar-refractivity contribution in [2.75, 3.05) is 13.1 Å². The van der Waals surface area contributed by atoms with Gasteiger partial charge in [0, 0.05) is 13.0 Å². The maximum atomic E-state index is 11.4. The third-order valence-corrected chi connectivity index (χ3v) is 2.75. The minimum Gasteiger partial charge on any atom is -0.368 e. The first-order valence-electron chi connectivity index (χ1n) is 5.45. The molecule has 0 aliphatic carbocycles. The number of rotatable bonds is 6. The minimum absolute atomic E-state index is 0.0477. The van der Waals surface area contributed by atoms with Gasteiger partial charge >= 0.3 is 0 Å². The number of hydrogen-bond donors (Lipinski definition) is 2. The lowest BCUT2D eigenvalue weighted by atomic mass is 10.1. The summed E-state index contributed by atoms with van der Waals surface area (Å²) in [6, 6.07) is -0.424. The van der Waals surface area contributed by atoms with Gasteiger partial charge in [0.1, 0.15) is 6.04 Å². The van der Waals surface area contributed by atoms with Crippen LogP contribution in [0.15, 0.2) is 0 Å². The number of hydrogen-bond acceptors (Lipinski definition) is 3. The van der Waals surface area contributed by atoms with Crippen LogP contribution in [0.1, 0.15) is 32.1 Å². The summed E-state index contributed by atoms with van der Waals surface area (Å²) in [4.78, 5) is 24.3. The zero-order valence-electron chi connectivity index (χ0n) is 8.95. The lowest BCUT2D eigenvalue weighted by Gasteiger charge is -2.24. The van der Waals surface area contributed by atoms with Crippen molar-refractivity contribution in [2.24, 2.45) is 11.5 Å². The molecule has 0 saturated carbocycles. The fourth-order valence-corrected chi connectivity index (χ4v) is 1.93. The van der Waals surface area contributed by atoms with Crippen LogP contribution in [-0.4, -0.2) is 35.8 Å². The Morgan fingerprint density at radius 3 is 2.67 bits per heavy atom. The van der Waals surface area contributed by atoms with Crippen LogP contribution in [0.25, 0.3) is 0 Å². The molecule has 0 aromatic carbocycles. The molecule has 1 heterocycles. The molecular weight excluding hydrogens is 194 g/mol. The number of carbonyl (C=O) groups excluding carboxylic acids is 2. The van der Waals surface area contributed by atoms with Crippen LogP contribution in [0.2, 0.25) is 0 Å². The van der Waals surface area contributed by atoms with E-state index in [0.717, 1.165) is 19.3 Å². The standard InChI is InChI=1S/C10H19N3O2/c11-6-2-1-4-8(10(12)15)13-7-3-5-9(13)14/h8H,1-7,11H2,(H2,12,15)/t8-/m0/s1. The predicted molar refractivity (Wildman–Crippen MR) is 56.8 cm³/mol. The number of amides is 2. The highest BCUT2D eigenvalue weighted by Gasteiger charge is 2.30. The average Bonchev–Trinajstić information content (AvgIpc) is 2.59. The molecule has 1 aliphatic heterocycles. The molecule has 0 aromatic heterocycles. The van der Waals surface area contributed by atoms with E-state index in [0.29, 0.717) is 25.9 Å². The summed E-state index contributed by atoms with van der Waals surface area (Å²) in [5.74, 6) is -0.353. The van der Waals surface area contributed by atoms with Crippen molar-refractivity contribution in [3.05, 3.63) is 0 Å². The Bertz CT molecular complexity index is 243. The lowest BCUT2D eigenvalue weighted by Crippen LogP contribution is -2.45. The number of nitrogens with two attached hydrogens (primary N) is 2. The van der Waals surface area contributed by atoms with Gasteiger partial charge in [0.15, 0.2) is 0 Å². The Hall–Kier alpha value is -1.10.